The van der Waals surface area contributed by atoms with Crippen molar-refractivity contribution in [3.8, 4) is 0 Å². The molecule has 1 aromatic carbocycles. The molecule has 70 valence electrons. The van der Waals surface area contributed by atoms with E-state index in [0.29, 0.717) is 17.2 Å². The zero-order valence-corrected chi connectivity index (χ0v) is 7.20. The molecule has 0 aliphatic heterocycles. The number of carbonyl (C=O) groups is 1. The fraction of sp³-hybridized carbons (Fsp3) is 0. The van der Waals surface area contributed by atoms with Gasteiger partial charge >= 0.3 is 0 Å². The molecule has 0 radical (unpaired) electrons. The van der Waals surface area contributed by atoms with E-state index in [1.165, 1.54) is 12.3 Å². The summed E-state index contributed by atoms with van der Waals surface area (Å²) in [6.45, 7) is 0. The molecule has 14 heavy (non-hydrogen) atoms. The number of benzene rings is 1. The number of fused-ring (bicyclic) bond motifs is 1. The molecule has 0 fully saturated rings. The highest BCUT2D eigenvalue weighted by Gasteiger charge is 2.05. The van der Waals surface area contributed by atoms with Gasteiger partial charge in [0.25, 0.3) is 0 Å². The van der Waals surface area contributed by atoms with Gasteiger partial charge in [0.2, 0.25) is 6.41 Å². The number of nitrogens with one attached hydrogen (secondary N) is 1. The highest BCUT2D eigenvalue weighted by molar-refractivity contribution is 5.88. The lowest BCUT2D eigenvalue weighted by molar-refractivity contribution is -0.105. The Balaban J connectivity index is 2.68. The van der Waals surface area contributed by atoms with E-state index in [2.05, 4.69) is 10.3 Å². The highest BCUT2D eigenvalue weighted by atomic mass is 19.1. The molecule has 0 atom stereocenters. The number of halogens is 1. The number of anilines is 1. The van der Waals surface area contributed by atoms with Crippen LogP contribution in [0.5, 0.6) is 0 Å². The molecule has 0 saturated heterocycles. The summed E-state index contributed by atoms with van der Waals surface area (Å²) >= 11 is 0. The molecule has 0 unspecified atom stereocenters. The van der Waals surface area contributed by atoms with E-state index in [0.717, 1.165) is 0 Å². The Bertz CT molecular complexity index is 485. The van der Waals surface area contributed by atoms with Crippen molar-refractivity contribution >= 4 is 22.9 Å². The Hall–Kier alpha value is -1.97. The van der Waals surface area contributed by atoms with Crippen LogP contribution in [-0.2, 0) is 4.79 Å². The fourth-order valence-corrected chi connectivity index (χ4v) is 1.31. The summed E-state index contributed by atoms with van der Waals surface area (Å²) in [5.74, 6) is -0.433. The first-order chi connectivity index (χ1) is 6.83. The lowest BCUT2D eigenvalue weighted by Crippen LogP contribution is -1.97. The molecule has 0 bridgehead atoms. The molecule has 0 aliphatic rings. The molecule has 1 N–H and O–H groups in total. The number of rotatable bonds is 2. The Morgan fingerprint density at radius 2 is 2.21 bits per heavy atom. The second-order valence-electron chi connectivity index (χ2n) is 2.79. The molecule has 4 heteroatoms. The van der Waals surface area contributed by atoms with Gasteiger partial charge in [0, 0.05) is 23.2 Å². The van der Waals surface area contributed by atoms with E-state index in [1.54, 1.807) is 18.3 Å². The third-order valence-corrected chi connectivity index (χ3v) is 1.97. The van der Waals surface area contributed by atoms with Crippen LogP contribution >= 0.6 is 0 Å². The fourth-order valence-electron chi connectivity index (χ4n) is 1.31. The van der Waals surface area contributed by atoms with E-state index in [1.807, 2.05) is 0 Å². The van der Waals surface area contributed by atoms with Crippen molar-refractivity contribution in [2.24, 2.45) is 0 Å². The smallest absolute Gasteiger partial charge is 0.211 e. The van der Waals surface area contributed by atoms with Crippen LogP contribution in [0.3, 0.4) is 0 Å². The predicted molar refractivity (Wildman–Crippen MR) is 51.4 cm³/mol. The van der Waals surface area contributed by atoms with Gasteiger partial charge in [-0.2, -0.15) is 0 Å². The van der Waals surface area contributed by atoms with Crippen LogP contribution in [0.15, 0.2) is 30.6 Å². The van der Waals surface area contributed by atoms with Crippen molar-refractivity contribution < 1.29 is 9.18 Å². The molecule has 1 heterocycles. The van der Waals surface area contributed by atoms with Gasteiger partial charge in [-0.25, -0.2) is 4.39 Å². The summed E-state index contributed by atoms with van der Waals surface area (Å²) < 4.78 is 13.6. The van der Waals surface area contributed by atoms with E-state index in [9.17, 15) is 9.18 Å². The average molecular weight is 190 g/mol. The minimum atomic E-state index is -0.433. The number of nitrogens with zero attached hydrogens (tertiary/aromatic N) is 1. The van der Waals surface area contributed by atoms with Gasteiger partial charge in [0.15, 0.2) is 5.82 Å². The van der Waals surface area contributed by atoms with Crippen molar-refractivity contribution in [2.45, 2.75) is 0 Å². The Labute approximate surface area is 79.6 Å². The molecule has 1 amide bonds. The minimum absolute atomic E-state index is 0.179. The van der Waals surface area contributed by atoms with Crippen LogP contribution in [0.4, 0.5) is 10.1 Å². The number of carbonyl (C=O) groups excluding carboxylic acids is 1. The van der Waals surface area contributed by atoms with Crippen molar-refractivity contribution in [3.63, 3.8) is 0 Å². The minimum Gasteiger partial charge on any atom is -0.326 e. The number of hydrogen-bond acceptors (Lipinski definition) is 2. The lowest BCUT2D eigenvalue weighted by atomic mass is 10.1. The lowest BCUT2D eigenvalue weighted by Gasteiger charge is -2.03. The third-order valence-electron chi connectivity index (χ3n) is 1.97. The van der Waals surface area contributed by atoms with Crippen LogP contribution in [0.25, 0.3) is 10.8 Å². The predicted octanol–water partition coefficient (Wildman–Crippen LogP) is 1.94. The summed E-state index contributed by atoms with van der Waals surface area (Å²) in [6.07, 6.45) is 3.53. The first-order valence-electron chi connectivity index (χ1n) is 4.05. The normalized spacial score (nSPS) is 10.1. The van der Waals surface area contributed by atoms with Gasteiger partial charge in [-0.15, -0.1) is 0 Å². The molecular weight excluding hydrogens is 183 g/mol. The summed E-state index contributed by atoms with van der Waals surface area (Å²) in [4.78, 5) is 14.0. The van der Waals surface area contributed by atoms with Crippen molar-refractivity contribution in [1.82, 2.24) is 4.98 Å². The zero-order valence-electron chi connectivity index (χ0n) is 7.20. The molecular formula is C10H7FN2O. The number of aromatic nitrogens is 1. The van der Waals surface area contributed by atoms with E-state index in [4.69, 9.17) is 0 Å². The molecule has 0 aliphatic carbocycles. The average Bonchev–Trinajstić information content (AvgIpc) is 2.23. The first-order valence-corrected chi connectivity index (χ1v) is 4.05. The van der Waals surface area contributed by atoms with Crippen LogP contribution in [0, 0.1) is 5.82 Å². The van der Waals surface area contributed by atoms with E-state index >= 15 is 0 Å². The van der Waals surface area contributed by atoms with Crippen molar-refractivity contribution in [2.75, 3.05) is 5.32 Å². The Morgan fingerprint density at radius 1 is 1.36 bits per heavy atom. The number of pyridine rings is 1. The maximum Gasteiger partial charge on any atom is 0.211 e. The second kappa shape index (κ2) is 3.41. The SMILES string of the molecule is O=CNc1ccc2cnccc2c1F. The molecule has 0 saturated carbocycles. The molecule has 2 aromatic rings. The zero-order chi connectivity index (χ0) is 9.97. The standard InChI is InChI=1S/C10H7FN2O/c11-10-8-3-4-12-5-7(8)1-2-9(10)13-6-14/h1-6H,(H,13,14). The molecule has 1 aromatic heterocycles. The Kier molecular flexibility index (Phi) is 2.10. The van der Waals surface area contributed by atoms with Crippen LogP contribution in [0.2, 0.25) is 0 Å². The molecule has 0 spiro atoms. The van der Waals surface area contributed by atoms with Gasteiger partial charge < -0.3 is 5.32 Å². The van der Waals surface area contributed by atoms with Gasteiger partial charge in [-0.1, -0.05) is 6.07 Å². The van der Waals surface area contributed by atoms with E-state index in [-0.39, 0.29) is 5.69 Å². The van der Waals surface area contributed by atoms with Gasteiger partial charge in [-0.3, -0.25) is 9.78 Å². The summed E-state index contributed by atoms with van der Waals surface area (Å²) in [7, 11) is 0. The van der Waals surface area contributed by atoms with Gasteiger partial charge in [0.05, 0.1) is 5.69 Å². The molecule has 2 rings (SSSR count). The summed E-state index contributed by atoms with van der Waals surface area (Å²) in [6, 6.07) is 4.78. The monoisotopic (exact) mass is 190 g/mol. The largest absolute Gasteiger partial charge is 0.326 e. The van der Waals surface area contributed by atoms with Crippen LogP contribution < -0.4 is 5.32 Å². The number of hydrogen-bond donors (Lipinski definition) is 1. The number of amides is 1. The topological polar surface area (TPSA) is 42.0 Å². The van der Waals surface area contributed by atoms with Crippen molar-refractivity contribution in [3.05, 3.63) is 36.4 Å². The van der Waals surface area contributed by atoms with Gasteiger partial charge in [0.1, 0.15) is 0 Å². The third kappa shape index (κ3) is 1.31. The first kappa shape index (κ1) is 8.62. The summed E-state index contributed by atoms with van der Waals surface area (Å²) in [5, 5.41) is 3.45. The Morgan fingerprint density at radius 3 is 3.00 bits per heavy atom. The van der Waals surface area contributed by atoms with Crippen LogP contribution in [0.1, 0.15) is 0 Å². The van der Waals surface area contributed by atoms with Crippen molar-refractivity contribution in [1.29, 1.82) is 0 Å². The van der Waals surface area contributed by atoms with Gasteiger partial charge in [-0.05, 0) is 12.1 Å². The van der Waals surface area contributed by atoms with E-state index < -0.39 is 5.82 Å². The highest BCUT2D eigenvalue weighted by Crippen LogP contribution is 2.23. The quantitative estimate of drug-likeness (QED) is 0.735. The molecule has 3 nitrogen and oxygen atoms in total. The summed E-state index contributed by atoms with van der Waals surface area (Å²) in [5.41, 5.74) is 0.179. The second-order valence-corrected chi connectivity index (χ2v) is 2.79. The maximum absolute atomic E-state index is 13.6. The maximum atomic E-state index is 13.6. The van der Waals surface area contributed by atoms with Crippen LogP contribution in [-0.4, -0.2) is 11.4 Å².